The lowest BCUT2D eigenvalue weighted by Crippen LogP contribution is -2.09. The van der Waals surface area contributed by atoms with Crippen molar-refractivity contribution >= 4 is 18.6 Å². The lowest BCUT2D eigenvalue weighted by atomic mass is 10.0. The van der Waals surface area contributed by atoms with Crippen LogP contribution in [0.1, 0.15) is 12.0 Å². The SMILES string of the molecule is Cc1ccccc1-c1ccc(P(=O)(O)CCC(=O)O)cc1. The van der Waals surface area contributed by atoms with Gasteiger partial charge in [0.2, 0.25) is 7.37 Å². The highest BCUT2D eigenvalue weighted by atomic mass is 31.2. The second kappa shape index (κ2) is 6.25. The third-order valence-electron chi connectivity index (χ3n) is 3.36. The molecule has 110 valence electrons. The first-order valence-electron chi connectivity index (χ1n) is 6.60. The van der Waals surface area contributed by atoms with E-state index in [0.29, 0.717) is 5.30 Å². The van der Waals surface area contributed by atoms with Gasteiger partial charge in [-0.15, -0.1) is 0 Å². The number of benzene rings is 2. The minimum Gasteiger partial charge on any atom is -0.481 e. The molecular formula is C16H17O4P. The van der Waals surface area contributed by atoms with Crippen molar-refractivity contribution in [2.24, 2.45) is 0 Å². The quantitative estimate of drug-likeness (QED) is 0.833. The van der Waals surface area contributed by atoms with Gasteiger partial charge < -0.3 is 10.00 Å². The minimum atomic E-state index is -3.60. The monoisotopic (exact) mass is 304 g/mol. The van der Waals surface area contributed by atoms with Crippen molar-refractivity contribution in [3.63, 3.8) is 0 Å². The molecular weight excluding hydrogens is 287 g/mol. The normalized spacial score (nSPS) is 13.6. The Labute approximate surface area is 123 Å². The van der Waals surface area contributed by atoms with Crippen molar-refractivity contribution in [1.82, 2.24) is 0 Å². The van der Waals surface area contributed by atoms with Crippen LogP contribution in [-0.4, -0.2) is 22.1 Å². The topological polar surface area (TPSA) is 74.6 Å². The summed E-state index contributed by atoms with van der Waals surface area (Å²) in [5.74, 6) is -1.07. The highest BCUT2D eigenvalue weighted by Gasteiger charge is 2.22. The summed E-state index contributed by atoms with van der Waals surface area (Å²) in [6.45, 7) is 2.01. The molecule has 2 rings (SSSR count). The number of carboxylic acids is 1. The summed E-state index contributed by atoms with van der Waals surface area (Å²) in [6, 6.07) is 14.7. The van der Waals surface area contributed by atoms with Crippen molar-refractivity contribution in [2.45, 2.75) is 13.3 Å². The van der Waals surface area contributed by atoms with Crippen LogP contribution in [0.5, 0.6) is 0 Å². The van der Waals surface area contributed by atoms with Crippen molar-refractivity contribution in [2.75, 3.05) is 6.16 Å². The molecule has 0 radical (unpaired) electrons. The van der Waals surface area contributed by atoms with Gasteiger partial charge in [0.05, 0.1) is 6.42 Å². The Hall–Kier alpha value is -1.90. The van der Waals surface area contributed by atoms with Gasteiger partial charge in [0.15, 0.2) is 0 Å². The summed E-state index contributed by atoms with van der Waals surface area (Å²) in [5, 5.41) is 8.91. The van der Waals surface area contributed by atoms with Crippen LogP contribution in [0.15, 0.2) is 48.5 Å². The molecule has 0 saturated heterocycles. The first-order chi connectivity index (χ1) is 9.90. The van der Waals surface area contributed by atoms with Gasteiger partial charge in [-0.3, -0.25) is 9.36 Å². The van der Waals surface area contributed by atoms with Gasteiger partial charge in [0.25, 0.3) is 0 Å². The summed E-state index contributed by atoms with van der Waals surface area (Å²) in [5.41, 5.74) is 3.17. The molecule has 2 N–H and O–H groups in total. The van der Waals surface area contributed by atoms with Gasteiger partial charge in [0, 0.05) is 11.5 Å². The molecule has 0 bridgehead atoms. The van der Waals surface area contributed by atoms with E-state index in [1.165, 1.54) is 0 Å². The zero-order chi connectivity index (χ0) is 15.5. The van der Waals surface area contributed by atoms with Gasteiger partial charge in [0.1, 0.15) is 0 Å². The minimum absolute atomic E-state index is 0.244. The smallest absolute Gasteiger partial charge is 0.303 e. The second-order valence-corrected chi connectivity index (χ2v) is 7.30. The maximum Gasteiger partial charge on any atom is 0.303 e. The molecule has 5 heteroatoms. The zero-order valence-corrected chi connectivity index (χ0v) is 12.6. The molecule has 0 heterocycles. The van der Waals surface area contributed by atoms with Crippen molar-refractivity contribution in [3.05, 3.63) is 54.1 Å². The summed E-state index contributed by atoms with van der Waals surface area (Å²) < 4.78 is 12.1. The summed E-state index contributed by atoms with van der Waals surface area (Å²) >= 11 is 0. The van der Waals surface area contributed by atoms with Crippen molar-refractivity contribution in [3.8, 4) is 11.1 Å². The number of aryl methyl sites for hydroxylation is 1. The summed E-state index contributed by atoms with van der Waals surface area (Å²) in [7, 11) is -3.60. The zero-order valence-electron chi connectivity index (χ0n) is 11.7. The molecule has 2 aromatic rings. The number of carbonyl (C=O) groups is 1. The fraction of sp³-hybridized carbons (Fsp3) is 0.188. The predicted molar refractivity (Wildman–Crippen MR) is 83.2 cm³/mol. The molecule has 0 aromatic heterocycles. The van der Waals surface area contributed by atoms with E-state index < -0.39 is 13.3 Å². The Balaban J connectivity index is 2.25. The number of rotatable bonds is 5. The van der Waals surface area contributed by atoms with Gasteiger partial charge >= 0.3 is 5.97 Å². The third kappa shape index (κ3) is 3.81. The van der Waals surface area contributed by atoms with Crippen LogP contribution in [0.4, 0.5) is 0 Å². The molecule has 21 heavy (non-hydrogen) atoms. The van der Waals surface area contributed by atoms with Gasteiger partial charge in [-0.25, -0.2) is 0 Å². The standard InChI is InChI=1S/C16H17O4P/c1-12-4-2-3-5-15(12)13-6-8-14(9-7-13)21(19,20)11-10-16(17)18/h2-9H,10-11H2,1H3,(H,17,18)(H,19,20). The van der Waals surface area contributed by atoms with Crippen LogP contribution >= 0.6 is 7.37 Å². The van der Waals surface area contributed by atoms with Gasteiger partial charge in [-0.1, -0.05) is 36.4 Å². The molecule has 1 atom stereocenters. The van der Waals surface area contributed by atoms with Crippen LogP contribution in [0.2, 0.25) is 0 Å². The number of hydrogen-bond donors (Lipinski definition) is 2. The highest BCUT2D eigenvalue weighted by molar-refractivity contribution is 7.66. The van der Waals surface area contributed by atoms with E-state index >= 15 is 0 Å². The van der Waals surface area contributed by atoms with Crippen LogP contribution in [-0.2, 0) is 9.36 Å². The van der Waals surface area contributed by atoms with E-state index in [1.54, 1.807) is 24.3 Å². The molecule has 1 unspecified atom stereocenters. The van der Waals surface area contributed by atoms with Crippen LogP contribution in [0, 0.1) is 6.92 Å². The molecule has 0 amide bonds. The van der Waals surface area contributed by atoms with E-state index in [-0.39, 0.29) is 12.6 Å². The van der Waals surface area contributed by atoms with Gasteiger partial charge in [-0.2, -0.15) is 0 Å². The molecule has 0 aliphatic carbocycles. The third-order valence-corrected chi connectivity index (χ3v) is 5.29. The van der Waals surface area contributed by atoms with Crippen LogP contribution in [0.25, 0.3) is 11.1 Å². The average Bonchev–Trinajstić information content (AvgIpc) is 2.46. The molecule has 0 aliphatic heterocycles. The maximum atomic E-state index is 12.1. The molecule has 2 aromatic carbocycles. The molecule has 0 spiro atoms. The molecule has 0 fully saturated rings. The lowest BCUT2D eigenvalue weighted by Gasteiger charge is -2.12. The highest BCUT2D eigenvalue weighted by Crippen LogP contribution is 2.40. The van der Waals surface area contributed by atoms with E-state index in [1.807, 2.05) is 31.2 Å². The summed E-state index contributed by atoms with van der Waals surface area (Å²) in [6.07, 6.45) is -0.556. The van der Waals surface area contributed by atoms with Gasteiger partial charge in [-0.05, 0) is 35.7 Å². The molecule has 0 aliphatic rings. The molecule has 4 nitrogen and oxygen atoms in total. The van der Waals surface area contributed by atoms with Crippen LogP contribution in [0.3, 0.4) is 0 Å². The maximum absolute atomic E-state index is 12.1. The van der Waals surface area contributed by atoms with E-state index in [2.05, 4.69) is 0 Å². The Morgan fingerprint density at radius 1 is 1.10 bits per heavy atom. The van der Waals surface area contributed by atoms with Crippen molar-refractivity contribution in [1.29, 1.82) is 0 Å². The van der Waals surface area contributed by atoms with E-state index in [4.69, 9.17) is 5.11 Å². The first kappa shape index (κ1) is 15.5. The summed E-state index contributed by atoms with van der Waals surface area (Å²) in [4.78, 5) is 20.5. The Kier molecular flexibility index (Phi) is 4.61. The predicted octanol–water partition coefficient (Wildman–Crippen LogP) is 3.03. The lowest BCUT2D eigenvalue weighted by molar-refractivity contribution is -0.136. The fourth-order valence-corrected chi connectivity index (χ4v) is 3.51. The first-order valence-corrected chi connectivity index (χ1v) is 8.45. The van der Waals surface area contributed by atoms with E-state index in [0.717, 1.165) is 16.7 Å². The number of hydrogen-bond acceptors (Lipinski definition) is 2. The average molecular weight is 304 g/mol. The Morgan fingerprint density at radius 2 is 1.71 bits per heavy atom. The number of aliphatic carboxylic acids is 1. The fourth-order valence-electron chi connectivity index (χ4n) is 2.15. The number of carboxylic acid groups (broad SMARTS) is 1. The van der Waals surface area contributed by atoms with E-state index in [9.17, 15) is 14.3 Å². The van der Waals surface area contributed by atoms with Crippen LogP contribution < -0.4 is 5.30 Å². The largest absolute Gasteiger partial charge is 0.481 e. The molecule has 0 saturated carbocycles. The van der Waals surface area contributed by atoms with Crippen molar-refractivity contribution < 1.29 is 19.4 Å². The Bertz CT molecular complexity index is 692. The second-order valence-electron chi connectivity index (χ2n) is 4.93. The Morgan fingerprint density at radius 3 is 2.29 bits per heavy atom.